The average Bonchev–Trinajstić information content (AvgIpc) is 2.54. The van der Waals surface area contributed by atoms with Crippen LogP contribution in [0, 0.1) is 24.2 Å². The molecule has 1 aromatic carbocycles. The molecule has 0 aliphatic heterocycles. The Bertz CT molecular complexity index is 882. The molecule has 0 radical (unpaired) electrons. The summed E-state index contributed by atoms with van der Waals surface area (Å²) in [6.07, 6.45) is 5.77. The highest BCUT2D eigenvalue weighted by molar-refractivity contribution is 7.89. The fourth-order valence-corrected chi connectivity index (χ4v) is 7.40. The number of aryl methyl sites for hydroxylation is 1. The summed E-state index contributed by atoms with van der Waals surface area (Å²) in [6, 6.07) is 4.90. The maximum atomic E-state index is 13.3. The van der Waals surface area contributed by atoms with Crippen LogP contribution in [0.1, 0.15) is 44.1 Å². The van der Waals surface area contributed by atoms with E-state index in [-0.39, 0.29) is 15.7 Å². The Kier molecular flexibility index (Phi) is 4.41. The highest BCUT2D eigenvalue weighted by Gasteiger charge is 2.60. The lowest BCUT2D eigenvalue weighted by Gasteiger charge is -2.59. The van der Waals surface area contributed by atoms with Gasteiger partial charge in [0.05, 0.1) is 10.3 Å². The molecule has 4 fully saturated rings. The zero-order valence-electron chi connectivity index (χ0n) is 16.1. The van der Waals surface area contributed by atoms with Crippen LogP contribution in [0.15, 0.2) is 23.1 Å². The molecule has 0 spiro atoms. The maximum Gasteiger partial charge on any atom is 0.242 e. The van der Waals surface area contributed by atoms with Crippen LogP contribution >= 0.6 is 11.6 Å². The number of halogens is 1. The number of hydrogen-bond donors (Lipinski definition) is 1. The van der Waals surface area contributed by atoms with Gasteiger partial charge in [-0.1, -0.05) is 6.07 Å². The van der Waals surface area contributed by atoms with E-state index >= 15 is 0 Å². The summed E-state index contributed by atoms with van der Waals surface area (Å²) < 4.78 is 26.1. The van der Waals surface area contributed by atoms with Crippen LogP contribution in [0.5, 0.6) is 0 Å². The first-order chi connectivity index (χ1) is 12.5. The highest BCUT2D eigenvalue weighted by atomic mass is 35.5. The van der Waals surface area contributed by atoms with Crippen molar-refractivity contribution < 1.29 is 13.2 Å². The summed E-state index contributed by atoms with van der Waals surface area (Å²) in [5.41, 5.74) is 1.02. The van der Waals surface area contributed by atoms with E-state index in [1.807, 2.05) is 6.92 Å². The van der Waals surface area contributed by atoms with Crippen LogP contribution in [0.3, 0.4) is 0 Å². The Morgan fingerprint density at radius 1 is 1.19 bits per heavy atom. The molecule has 0 saturated heterocycles. The Morgan fingerprint density at radius 2 is 1.81 bits per heavy atom. The second-order valence-corrected chi connectivity index (χ2v) is 12.1. The average molecular weight is 411 g/mol. The Balaban J connectivity index is 1.62. The van der Waals surface area contributed by atoms with Crippen molar-refractivity contribution in [1.29, 1.82) is 0 Å². The third-order valence-electron chi connectivity index (χ3n) is 6.71. The molecule has 1 amide bonds. The van der Waals surface area contributed by atoms with Gasteiger partial charge in [0.25, 0.3) is 0 Å². The molecule has 1 aromatic rings. The lowest BCUT2D eigenvalue weighted by atomic mass is 9.49. The topological polar surface area (TPSA) is 66.5 Å². The minimum absolute atomic E-state index is 0.00382. The Morgan fingerprint density at radius 3 is 2.37 bits per heavy atom. The molecule has 7 heteroatoms. The lowest BCUT2D eigenvalue weighted by Crippen LogP contribution is -2.57. The van der Waals surface area contributed by atoms with E-state index in [4.69, 9.17) is 11.6 Å². The maximum absolute atomic E-state index is 13.3. The second kappa shape index (κ2) is 6.19. The zero-order valence-corrected chi connectivity index (χ0v) is 17.7. The molecule has 5 rings (SSSR count). The van der Waals surface area contributed by atoms with Gasteiger partial charge in [-0.05, 0) is 75.0 Å². The molecule has 148 valence electrons. The highest BCUT2D eigenvalue weighted by Crippen LogP contribution is 2.64. The first kappa shape index (κ1) is 19.2. The predicted molar refractivity (Wildman–Crippen MR) is 106 cm³/mol. The molecule has 4 aliphatic rings. The van der Waals surface area contributed by atoms with Crippen molar-refractivity contribution in [1.82, 2.24) is 4.31 Å². The van der Waals surface area contributed by atoms with Gasteiger partial charge in [-0.25, -0.2) is 12.7 Å². The third-order valence-corrected chi connectivity index (χ3v) is 8.96. The smallest absolute Gasteiger partial charge is 0.242 e. The van der Waals surface area contributed by atoms with Gasteiger partial charge in [0.2, 0.25) is 15.9 Å². The van der Waals surface area contributed by atoms with E-state index in [9.17, 15) is 13.2 Å². The Hall–Kier alpha value is -1.11. The number of rotatable bonds is 4. The molecule has 4 aliphatic carbocycles. The second-order valence-electron chi connectivity index (χ2n) is 9.11. The number of alkyl halides is 1. The number of carbonyl (C=O) groups excluding carboxylic acids is 1. The zero-order chi connectivity index (χ0) is 19.6. The summed E-state index contributed by atoms with van der Waals surface area (Å²) in [5, 5.41) is 3.06. The largest absolute Gasteiger partial charge is 0.325 e. The standard InChI is InChI=1S/C20H27ClN2O3S/c1-13-4-5-16(27(25,26)23(2)3)7-17(13)22-18(24)19-8-14-6-15(9-19)11-20(21,10-14)12-19/h4-5,7,14-15H,6,8-12H2,1-3H3,(H,22,24)/t14-,15+,19?,20?. The summed E-state index contributed by atoms with van der Waals surface area (Å²) in [5.74, 6) is 1.08. The molecule has 0 aromatic heterocycles. The van der Waals surface area contributed by atoms with Crippen molar-refractivity contribution in [2.45, 2.75) is 55.2 Å². The molecular formula is C20H27ClN2O3S. The molecule has 4 bridgehead atoms. The van der Waals surface area contributed by atoms with E-state index in [0.29, 0.717) is 17.5 Å². The number of anilines is 1. The van der Waals surface area contributed by atoms with Crippen LogP contribution in [-0.2, 0) is 14.8 Å². The summed E-state index contributed by atoms with van der Waals surface area (Å²) in [6.45, 7) is 1.88. The van der Waals surface area contributed by atoms with Gasteiger partial charge in [-0.2, -0.15) is 0 Å². The van der Waals surface area contributed by atoms with Gasteiger partial charge in [0, 0.05) is 24.7 Å². The first-order valence-corrected chi connectivity index (χ1v) is 11.4. The van der Waals surface area contributed by atoms with Crippen molar-refractivity contribution in [3.05, 3.63) is 23.8 Å². The number of sulfonamides is 1. The quantitative estimate of drug-likeness (QED) is 0.768. The minimum atomic E-state index is -3.55. The number of carbonyl (C=O) groups is 1. The van der Waals surface area contributed by atoms with Crippen molar-refractivity contribution in [2.24, 2.45) is 17.3 Å². The number of nitrogens with zero attached hydrogens (tertiary/aromatic N) is 1. The van der Waals surface area contributed by atoms with Gasteiger partial charge < -0.3 is 5.32 Å². The van der Waals surface area contributed by atoms with Crippen molar-refractivity contribution >= 4 is 33.2 Å². The predicted octanol–water partition coefficient (Wildman–Crippen LogP) is 3.76. The summed E-state index contributed by atoms with van der Waals surface area (Å²) >= 11 is 6.85. The fourth-order valence-electron chi connectivity index (χ4n) is 5.78. The van der Waals surface area contributed by atoms with E-state index in [0.717, 1.165) is 37.7 Å². The first-order valence-electron chi connectivity index (χ1n) is 9.57. The molecule has 5 nitrogen and oxygen atoms in total. The lowest BCUT2D eigenvalue weighted by molar-refractivity contribution is -0.138. The van der Waals surface area contributed by atoms with Crippen molar-refractivity contribution in [2.75, 3.05) is 19.4 Å². The molecule has 4 saturated carbocycles. The van der Waals surface area contributed by atoms with E-state index < -0.39 is 15.4 Å². The number of benzene rings is 1. The Labute approximate surface area is 166 Å². The minimum Gasteiger partial charge on any atom is -0.325 e. The molecule has 4 atom stereocenters. The van der Waals surface area contributed by atoms with E-state index in [1.165, 1.54) is 24.8 Å². The molecule has 2 unspecified atom stereocenters. The van der Waals surface area contributed by atoms with Gasteiger partial charge in [-0.15, -0.1) is 11.6 Å². The summed E-state index contributed by atoms with van der Waals surface area (Å²) in [7, 11) is -0.540. The van der Waals surface area contributed by atoms with Crippen LogP contribution in [0.25, 0.3) is 0 Å². The van der Waals surface area contributed by atoms with E-state index in [1.54, 1.807) is 18.2 Å². The van der Waals surface area contributed by atoms with Gasteiger partial charge in [-0.3, -0.25) is 4.79 Å². The fraction of sp³-hybridized carbons (Fsp3) is 0.650. The molecule has 1 N–H and O–H groups in total. The molecular weight excluding hydrogens is 384 g/mol. The van der Waals surface area contributed by atoms with Crippen LogP contribution in [-0.4, -0.2) is 37.6 Å². The van der Waals surface area contributed by atoms with Crippen LogP contribution in [0.2, 0.25) is 0 Å². The monoisotopic (exact) mass is 410 g/mol. The molecule has 0 heterocycles. The van der Waals surface area contributed by atoms with Crippen LogP contribution in [0.4, 0.5) is 5.69 Å². The third kappa shape index (κ3) is 3.19. The van der Waals surface area contributed by atoms with E-state index in [2.05, 4.69) is 5.32 Å². The van der Waals surface area contributed by atoms with Crippen molar-refractivity contribution in [3.8, 4) is 0 Å². The van der Waals surface area contributed by atoms with Crippen LogP contribution < -0.4 is 5.32 Å². The number of amides is 1. The van der Waals surface area contributed by atoms with Gasteiger partial charge in [0.15, 0.2) is 0 Å². The SMILES string of the molecule is Cc1ccc(S(=O)(=O)N(C)C)cc1NC(=O)C12C[C@@H]3C[C@@H](CC(Cl)(C3)C1)C2. The van der Waals surface area contributed by atoms with Gasteiger partial charge >= 0.3 is 0 Å². The van der Waals surface area contributed by atoms with Crippen molar-refractivity contribution in [3.63, 3.8) is 0 Å². The molecule has 27 heavy (non-hydrogen) atoms. The normalized spacial score (nSPS) is 34.9. The number of nitrogens with one attached hydrogen (secondary N) is 1. The van der Waals surface area contributed by atoms with Gasteiger partial charge in [0.1, 0.15) is 0 Å². The number of hydrogen-bond acceptors (Lipinski definition) is 3. The summed E-state index contributed by atoms with van der Waals surface area (Å²) in [4.78, 5) is 13.3.